The molecule has 3 atom stereocenters. The van der Waals surface area contributed by atoms with Gasteiger partial charge in [0.1, 0.15) is 12.4 Å². The number of hydrogen-bond acceptors (Lipinski definition) is 5. The molecule has 1 amide bonds. The number of hydrogen-bond donors (Lipinski definition) is 2. The van der Waals surface area contributed by atoms with Gasteiger partial charge in [-0.1, -0.05) is 12.1 Å². The summed E-state index contributed by atoms with van der Waals surface area (Å²) in [5, 5.41) is 0. The first-order chi connectivity index (χ1) is 12.4. The zero-order chi connectivity index (χ0) is 18.6. The largest absolute Gasteiger partial charge is 0.448 e. The van der Waals surface area contributed by atoms with E-state index in [9.17, 15) is 13.2 Å². The molecule has 0 bridgehead atoms. The summed E-state index contributed by atoms with van der Waals surface area (Å²) in [6.07, 6.45) is 4.79. The van der Waals surface area contributed by atoms with E-state index in [1.54, 1.807) is 17.0 Å². The molecule has 7 nitrogen and oxygen atoms in total. The third-order valence-electron chi connectivity index (χ3n) is 5.26. The van der Waals surface area contributed by atoms with Crippen molar-refractivity contribution in [3.8, 4) is 5.75 Å². The number of carbonyl (C=O) groups is 1. The maximum atomic E-state index is 12.0. The Bertz CT molecular complexity index is 735. The molecule has 144 valence electrons. The fourth-order valence-electron chi connectivity index (χ4n) is 4.11. The van der Waals surface area contributed by atoms with Gasteiger partial charge in [0.15, 0.2) is 0 Å². The van der Waals surface area contributed by atoms with Crippen LogP contribution in [0.25, 0.3) is 0 Å². The lowest BCUT2D eigenvalue weighted by Gasteiger charge is -2.40. The Kier molecular flexibility index (Phi) is 6.03. The monoisotopic (exact) mass is 383 g/mol. The summed E-state index contributed by atoms with van der Waals surface area (Å²) >= 11 is 0. The first kappa shape index (κ1) is 19.0. The Morgan fingerprint density at radius 2 is 2.04 bits per heavy atom. The SMILES string of the molecule is Cc1cccc(OS(=O)(=O)NC(=O)OC[C@H]2CCC[NH+]3CCCC[C@@H]23)c1. The van der Waals surface area contributed by atoms with Gasteiger partial charge in [0.05, 0.1) is 19.1 Å². The van der Waals surface area contributed by atoms with Gasteiger partial charge in [0, 0.05) is 5.92 Å². The number of benzene rings is 1. The standard InChI is InChI=1S/C18H26N2O5S/c1-14-6-4-8-16(12-14)25-26(22,23)19-18(21)24-13-15-7-5-11-20-10-3-2-9-17(15)20/h4,6,8,12,15,17H,2-3,5,7,9-11,13H2,1H3,(H,19,21)/p+1/t15-,17+/m1/s1. The molecule has 0 aliphatic carbocycles. The quantitative estimate of drug-likeness (QED) is 0.798. The predicted molar refractivity (Wildman–Crippen MR) is 96.3 cm³/mol. The first-order valence-corrected chi connectivity index (χ1v) is 10.6. The van der Waals surface area contributed by atoms with Gasteiger partial charge in [-0.25, -0.2) is 4.79 Å². The minimum atomic E-state index is -4.26. The highest BCUT2D eigenvalue weighted by Crippen LogP contribution is 2.20. The molecule has 1 aromatic carbocycles. The van der Waals surface area contributed by atoms with Gasteiger partial charge in [0.25, 0.3) is 0 Å². The number of quaternary nitrogens is 1. The molecule has 0 aromatic heterocycles. The van der Waals surface area contributed by atoms with Gasteiger partial charge in [0.2, 0.25) is 0 Å². The van der Waals surface area contributed by atoms with Gasteiger partial charge in [-0.2, -0.15) is 13.1 Å². The molecule has 3 rings (SSSR count). The Morgan fingerprint density at radius 3 is 2.85 bits per heavy atom. The summed E-state index contributed by atoms with van der Waals surface area (Å²) in [5.74, 6) is 0.448. The molecule has 1 unspecified atom stereocenters. The minimum Gasteiger partial charge on any atom is -0.448 e. The van der Waals surface area contributed by atoms with E-state index in [1.807, 2.05) is 17.7 Å². The van der Waals surface area contributed by atoms with E-state index < -0.39 is 16.4 Å². The fourth-order valence-corrected chi connectivity index (χ4v) is 4.77. The second kappa shape index (κ2) is 8.26. The van der Waals surface area contributed by atoms with Crippen LogP contribution in [-0.2, 0) is 15.0 Å². The first-order valence-electron chi connectivity index (χ1n) is 9.23. The third-order valence-corrected chi connectivity index (χ3v) is 6.09. The molecule has 2 fully saturated rings. The van der Waals surface area contributed by atoms with Crippen LogP contribution in [-0.4, -0.2) is 40.2 Å². The molecular formula is C18H27N2O5S+. The maximum Gasteiger partial charge on any atom is 0.423 e. The van der Waals surface area contributed by atoms with E-state index in [-0.39, 0.29) is 12.4 Å². The van der Waals surface area contributed by atoms with E-state index in [0.717, 1.165) is 24.8 Å². The average Bonchev–Trinajstić information content (AvgIpc) is 2.59. The number of nitrogens with one attached hydrogen (secondary N) is 2. The Hall–Kier alpha value is -1.80. The molecule has 2 heterocycles. The lowest BCUT2D eigenvalue weighted by molar-refractivity contribution is -0.940. The molecule has 2 aliphatic heterocycles. The van der Waals surface area contributed by atoms with Gasteiger partial charge < -0.3 is 13.8 Å². The van der Waals surface area contributed by atoms with E-state index in [1.165, 1.54) is 32.0 Å². The predicted octanol–water partition coefficient (Wildman–Crippen LogP) is 1.19. The highest BCUT2D eigenvalue weighted by molar-refractivity contribution is 7.85. The topological polar surface area (TPSA) is 86.1 Å². The van der Waals surface area contributed by atoms with Crippen molar-refractivity contribution in [2.75, 3.05) is 19.7 Å². The van der Waals surface area contributed by atoms with Crippen LogP contribution in [0.1, 0.15) is 37.7 Å². The Labute approximate surface area is 154 Å². The van der Waals surface area contributed by atoms with Crippen molar-refractivity contribution in [3.05, 3.63) is 29.8 Å². The molecule has 26 heavy (non-hydrogen) atoms. The lowest BCUT2D eigenvalue weighted by Crippen LogP contribution is -3.18. The van der Waals surface area contributed by atoms with Crippen LogP contribution in [0.4, 0.5) is 4.79 Å². The average molecular weight is 383 g/mol. The van der Waals surface area contributed by atoms with Gasteiger partial charge in [-0.15, -0.1) is 0 Å². The molecule has 1 aromatic rings. The van der Waals surface area contributed by atoms with Crippen molar-refractivity contribution in [2.24, 2.45) is 5.92 Å². The van der Waals surface area contributed by atoms with E-state index >= 15 is 0 Å². The molecular weight excluding hydrogens is 356 g/mol. The number of aryl methyl sites for hydroxylation is 1. The summed E-state index contributed by atoms with van der Waals surface area (Å²) in [4.78, 5) is 13.5. The number of rotatable bonds is 5. The number of amides is 1. The van der Waals surface area contributed by atoms with E-state index in [2.05, 4.69) is 0 Å². The second-order valence-electron chi connectivity index (χ2n) is 7.22. The van der Waals surface area contributed by atoms with Crippen LogP contribution >= 0.6 is 0 Å². The molecule has 2 N–H and O–H groups in total. The van der Waals surface area contributed by atoms with Crippen LogP contribution in [0.2, 0.25) is 0 Å². The number of piperidine rings is 2. The van der Waals surface area contributed by atoms with Crippen molar-refractivity contribution < 1.29 is 27.0 Å². The highest BCUT2D eigenvalue weighted by atomic mass is 32.2. The van der Waals surface area contributed by atoms with Crippen molar-refractivity contribution in [2.45, 2.75) is 45.1 Å². The van der Waals surface area contributed by atoms with Gasteiger partial charge >= 0.3 is 16.4 Å². The molecule has 2 saturated heterocycles. The normalized spacial score (nSPS) is 25.8. The van der Waals surface area contributed by atoms with E-state index in [4.69, 9.17) is 8.92 Å². The smallest absolute Gasteiger partial charge is 0.423 e. The van der Waals surface area contributed by atoms with Crippen molar-refractivity contribution in [1.29, 1.82) is 0 Å². The zero-order valence-corrected chi connectivity index (χ0v) is 15.9. The Balaban J connectivity index is 1.50. The second-order valence-corrected chi connectivity index (χ2v) is 8.50. The molecule has 2 aliphatic rings. The van der Waals surface area contributed by atoms with Crippen LogP contribution < -0.4 is 13.8 Å². The third kappa shape index (κ3) is 5.11. The maximum absolute atomic E-state index is 12.0. The van der Waals surface area contributed by atoms with Crippen molar-refractivity contribution >= 4 is 16.4 Å². The number of ether oxygens (including phenoxy) is 1. The summed E-state index contributed by atoms with van der Waals surface area (Å²) in [6, 6.07) is 7.11. The zero-order valence-electron chi connectivity index (χ0n) is 15.1. The summed E-state index contributed by atoms with van der Waals surface area (Å²) in [7, 11) is -4.26. The van der Waals surface area contributed by atoms with Crippen LogP contribution in [0.15, 0.2) is 24.3 Å². The summed E-state index contributed by atoms with van der Waals surface area (Å²) in [6.45, 7) is 4.44. The minimum absolute atomic E-state index is 0.152. The highest BCUT2D eigenvalue weighted by Gasteiger charge is 2.37. The fraction of sp³-hybridized carbons (Fsp3) is 0.611. The summed E-state index contributed by atoms with van der Waals surface area (Å²) < 4.78 is 35.8. The van der Waals surface area contributed by atoms with Crippen LogP contribution in [0, 0.1) is 12.8 Å². The number of fused-ring (bicyclic) bond motifs is 1. The molecule has 0 spiro atoms. The van der Waals surface area contributed by atoms with Crippen LogP contribution in [0.5, 0.6) is 5.75 Å². The molecule has 0 saturated carbocycles. The summed E-state index contributed by atoms with van der Waals surface area (Å²) in [5.41, 5.74) is 0.858. The Morgan fingerprint density at radius 1 is 1.23 bits per heavy atom. The van der Waals surface area contributed by atoms with Crippen LogP contribution in [0.3, 0.4) is 0 Å². The van der Waals surface area contributed by atoms with Gasteiger partial charge in [-0.05, 0) is 56.7 Å². The lowest BCUT2D eigenvalue weighted by atomic mass is 9.84. The van der Waals surface area contributed by atoms with E-state index in [0.29, 0.717) is 12.0 Å². The van der Waals surface area contributed by atoms with Gasteiger partial charge in [-0.3, -0.25) is 0 Å². The number of carbonyl (C=O) groups excluding carboxylic acids is 1. The van der Waals surface area contributed by atoms with Crippen molar-refractivity contribution in [1.82, 2.24) is 4.72 Å². The van der Waals surface area contributed by atoms with Crippen molar-refractivity contribution in [3.63, 3.8) is 0 Å². The molecule has 0 radical (unpaired) electrons. The molecule has 8 heteroatoms.